The lowest BCUT2D eigenvalue weighted by Gasteiger charge is -2.05. The van der Waals surface area contributed by atoms with Crippen molar-refractivity contribution in [3.05, 3.63) is 65.6 Å². The summed E-state index contributed by atoms with van der Waals surface area (Å²) in [5, 5.41) is 7.30. The summed E-state index contributed by atoms with van der Waals surface area (Å²) in [7, 11) is 0. The van der Waals surface area contributed by atoms with Crippen molar-refractivity contribution < 1.29 is 4.39 Å². The zero-order chi connectivity index (χ0) is 13.2. The highest BCUT2D eigenvalue weighted by Gasteiger charge is 2.08. The molecule has 0 amide bonds. The van der Waals surface area contributed by atoms with Crippen LogP contribution in [0.25, 0.3) is 5.65 Å². The lowest BCUT2D eigenvalue weighted by molar-refractivity contribution is 0.626. The van der Waals surface area contributed by atoms with Gasteiger partial charge in [-0.25, -0.2) is 14.4 Å². The lowest BCUT2D eigenvalue weighted by Crippen LogP contribution is -2.02. The number of halogens is 1. The van der Waals surface area contributed by atoms with Gasteiger partial charge in [0, 0.05) is 31.2 Å². The molecule has 2 heterocycles. The summed E-state index contributed by atoms with van der Waals surface area (Å²) in [6.45, 7) is 0. The molecule has 0 radical (unpaired) electrons. The molecule has 0 saturated carbocycles. The number of nitrogens with zero attached hydrogens (tertiary/aromatic N) is 3. The fourth-order valence-electron chi connectivity index (χ4n) is 2.05. The van der Waals surface area contributed by atoms with Crippen LogP contribution >= 0.6 is 0 Å². The largest absolute Gasteiger partial charge is 0.306 e. The summed E-state index contributed by atoms with van der Waals surface area (Å²) in [6.07, 6.45) is 6.90. The van der Waals surface area contributed by atoms with Gasteiger partial charge in [0.2, 0.25) is 0 Å². The molecular formula is C14H11FN4. The van der Waals surface area contributed by atoms with Gasteiger partial charge in [-0.05, 0) is 17.7 Å². The number of fused-ring (bicyclic) bond motifs is 1. The van der Waals surface area contributed by atoms with Gasteiger partial charge in [-0.1, -0.05) is 12.1 Å². The van der Waals surface area contributed by atoms with Gasteiger partial charge in [0.1, 0.15) is 5.82 Å². The van der Waals surface area contributed by atoms with E-state index in [4.69, 9.17) is 5.41 Å². The second kappa shape index (κ2) is 4.61. The number of hydrogen-bond donors (Lipinski definition) is 1. The van der Waals surface area contributed by atoms with Gasteiger partial charge in [0.05, 0.1) is 11.4 Å². The molecule has 0 aliphatic carbocycles. The Bertz CT molecular complexity index is 748. The predicted molar refractivity (Wildman–Crippen MR) is 70.1 cm³/mol. The average Bonchev–Trinajstić information content (AvgIpc) is 2.87. The maximum atomic E-state index is 13.2. The van der Waals surface area contributed by atoms with Gasteiger partial charge in [0.25, 0.3) is 0 Å². The van der Waals surface area contributed by atoms with E-state index in [1.54, 1.807) is 24.7 Å². The third kappa shape index (κ3) is 2.22. The van der Waals surface area contributed by atoms with Gasteiger partial charge in [-0.15, -0.1) is 0 Å². The fraction of sp³-hybridized carbons (Fsp3) is 0.0714. The van der Waals surface area contributed by atoms with E-state index in [0.717, 1.165) is 16.9 Å². The lowest BCUT2D eigenvalue weighted by atomic mass is 10.1. The molecule has 1 aromatic carbocycles. The molecule has 0 aliphatic heterocycles. The highest BCUT2D eigenvalue weighted by atomic mass is 19.1. The standard InChI is InChI=1S/C14H11FN4/c15-11-3-1-2-10(6-11)7-13-14-17-4-5-19(14)9-12(8-16)18-13/h1-6,8-9,16H,7H2. The van der Waals surface area contributed by atoms with Gasteiger partial charge in [0.15, 0.2) is 5.65 Å². The SMILES string of the molecule is N=Cc1cn2ccnc2c(Cc2cccc(F)c2)n1. The fourth-order valence-corrected chi connectivity index (χ4v) is 2.05. The Morgan fingerprint density at radius 2 is 2.26 bits per heavy atom. The molecule has 3 rings (SSSR count). The van der Waals surface area contributed by atoms with Crippen molar-refractivity contribution in [3.8, 4) is 0 Å². The third-order valence-corrected chi connectivity index (χ3v) is 2.87. The van der Waals surface area contributed by atoms with E-state index in [-0.39, 0.29) is 5.82 Å². The number of imidazole rings is 1. The smallest absolute Gasteiger partial charge is 0.158 e. The van der Waals surface area contributed by atoms with Crippen molar-refractivity contribution in [1.29, 1.82) is 5.41 Å². The van der Waals surface area contributed by atoms with Gasteiger partial charge in [-0.2, -0.15) is 0 Å². The summed E-state index contributed by atoms with van der Waals surface area (Å²) in [4.78, 5) is 8.61. The molecule has 0 spiro atoms. The summed E-state index contributed by atoms with van der Waals surface area (Å²) in [5.41, 5.74) is 2.85. The minimum atomic E-state index is -0.264. The van der Waals surface area contributed by atoms with Crippen LogP contribution in [-0.4, -0.2) is 20.6 Å². The first-order valence-corrected chi connectivity index (χ1v) is 5.84. The first-order chi connectivity index (χ1) is 9.26. The first-order valence-electron chi connectivity index (χ1n) is 5.84. The van der Waals surface area contributed by atoms with E-state index in [1.165, 1.54) is 18.3 Å². The molecule has 2 aromatic heterocycles. The summed E-state index contributed by atoms with van der Waals surface area (Å²) in [6, 6.07) is 6.42. The highest BCUT2D eigenvalue weighted by molar-refractivity contribution is 5.74. The van der Waals surface area contributed by atoms with Crippen molar-refractivity contribution in [2.75, 3.05) is 0 Å². The molecule has 5 heteroatoms. The van der Waals surface area contributed by atoms with E-state index < -0.39 is 0 Å². The van der Waals surface area contributed by atoms with Crippen LogP contribution in [0.5, 0.6) is 0 Å². The normalized spacial score (nSPS) is 10.8. The molecule has 1 N–H and O–H groups in total. The highest BCUT2D eigenvalue weighted by Crippen LogP contribution is 2.14. The quantitative estimate of drug-likeness (QED) is 0.730. The molecule has 94 valence electrons. The second-order valence-corrected chi connectivity index (χ2v) is 4.22. The van der Waals surface area contributed by atoms with Gasteiger partial charge < -0.3 is 9.81 Å². The third-order valence-electron chi connectivity index (χ3n) is 2.87. The summed E-state index contributed by atoms with van der Waals surface area (Å²) < 4.78 is 15.0. The number of benzene rings is 1. The Hall–Kier alpha value is -2.56. The molecule has 0 saturated heterocycles. The first kappa shape index (κ1) is 11.5. The Morgan fingerprint density at radius 3 is 3.05 bits per heavy atom. The molecule has 0 atom stereocenters. The number of hydrogen-bond acceptors (Lipinski definition) is 3. The van der Waals surface area contributed by atoms with Gasteiger partial charge in [-0.3, -0.25) is 0 Å². The van der Waals surface area contributed by atoms with Crippen molar-refractivity contribution >= 4 is 11.9 Å². The summed E-state index contributed by atoms with van der Waals surface area (Å²) in [5.74, 6) is -0.264. The Kier molecular flexibility index (Phi) is 2.79. The van der Waals surface area contributed by atoms with Crippen LogP contribution < -0.4 is 0 Å². The number of rotatable bonds is 3. The molecule has 4 nitrogen and oxygen atoms in total. The van der Waals surface area contributed by atoms with E-state index in [1.807, 2.05) is 10.5 Å². The van der Waals surface area contributed by atoms with E-state index in [0.29, 0.717) is 12.1 Å². The molecular weight excluding hydrogens is 243 g/mol. The van der Waals surface area contributed by atoms with E-state index in [2.05, 4.69) is 9.97 Å². The topological polar surface area (TPSA) is 54.0 Å². The molecule has 0 bridgehead atoms. The minimum absolute atomic E-state index is 0.264. The van der Waals surface area contributed by atoms with Crippen molar-refractivity contribution in [2.45, 2.75) is 6.42 Å². The molecule has 3 aromatic rings. The van der Waals surface area contributed by atoms with Crippen LogP contribution in [0.15, 0.2) is 42.9 Å². The second-order valence-electron chi connectivity index (χ2n) is 4.22. The van der Waals surface area contributed by atoms with Crippen LogP contribution in [0, 0.1) is 11.2 Å². The van der Waals surface area contributed by atoms with Crippen molar-refractivity contribution in [1.82, 2.24) is 14.4 Å². The molecule has 19 heavy (non-hydrogen) atoms. The van der Waals surface area contributed by atoms with Crippen LogP contribution in [0.1, 0.15) is 17.0 Å². The molecule has 0 unspecified atom stereocenters. The molecule has 0 fully saturated rings. The van der Waals surface area contributed by atoms with E-state index >= 15 is 0 Å². The van der Waals surface area contributed by atoms with Crippen molar-refractivity contribution in [2.24, 2.45) is 0 Å². The predicted octanol–water partition coefficient (Wildman–Crippen LogP) is 2.46. The van der Waals surface area contributed by atoms with E-state index in [9.17, 15) is 4.39 Å². The Labute approximate surface area is 109 Å². The van der Waals surface area contributed by atoms with Crippen molar-refractivity contribution in [3.63, 3.8) is 0 Å². The number of nitrogens with one attached hydrogen (secondary N) is 1. The Balaban J connectivity index is 2.08. The van der Waals surface area contributed by atoms with Gasteiger partial charge >= 0.3 is 0 Å². The Morgan fingerprint density at radius 1 is 1.37 bits per heavy atom. The zero-order valence-electron chi connectivity index (χ0n) is 10.0. The van der Waals surface area contributed by atoms with Crippen LogP contribution in [0.3, 0.4) is 0 Å². The van der Waals surface area contributed by atoms with Crippen LogP contribution in [0.2, 0.25) is 0 Å². The van der Waals surface area contributed by atoms with Crippen LogP contribution in [-0.2, 0) is 6.42 Å². The monoisotopic (exact) mass is 254 g/mol. The maximum absolute atomic E-state index is 13.2. The zero-order valence-corrected chi connectivity index (χ0v) is 10.0. The number of aromatic nitrogens is 3. The maximum Gasteiger partial charge on any atom is 0.158 e. The van der Waals surface area contributed by atoms with Crippen LogP contribution in [0.4, 0.5) is 4.39 Å². The summed E-state index contributed by atoms with van der Waals surface area (Å²) >= 11 is 0. The average molecular weight is 254 g/mol. The molecule has 0 aliphatic rings. The minimum Gasteiger partial charge on any atom is -0.306 e.